The number of carbonyl (C=O) groups excluding carboxylic acids is 1. The molecule has 1 atom stereocenters. The first-order chi connectivity index (χ1) is 10.2. The number of rotatable bonds is 6. The average Bonchev–Trinajstić information content (AvgIpc) is 2.93. The number of aromatic nitrogens is 3. The monoisotopic (exact) mass is 289 g/mol. The summed E-state index contributed by atoms with van der Waals surface area (Å²) in [5.74, 6) is -0.466. The first-order valence-electron chi connectivity index (χ1n) is 6.85. The maximum Gasteiger partial charge on any atom is 0.361 e. The molecule has 0 aliphatic heterocycles. The van der Waals surface area contributed by atoms with Crippen LogP contribution in [-0.4, -0.2) is 41.3 Å². The Balaban J connectivity index is 2.50. The Labute approximate surface area is 123 Å². The van der Waals surface area contributed by atoms with Crippen molar-refractivity contribution in [2.45, 2.75) is 19.9 Å². The Morgan fingerprint density at radius 2 is 2.05 bits per heavy atom. The Hall–Kier alpha value is -2.21. The van der Waals surface area contributed by atoms with Crippen molar-refractivity contribution >= 4 is 5.97 Å². The molecule has 0 radical (unpaired) electrons. The molecule has 112 valence electrons. The lowest BCUT2D eigenvalue weighted by Crippen LogP contribution is -2.15. The fourth-order valence-electron chi connectivity index (χ4n) is 2.12. The summed E-state index contributed by atoms with van der Waals surface area (Å²) in [5.41, 5.74) is 1.75. The summed E-state index contributed by atoms with van der Waals surface area (Å²) < 4.78 is 11.9. The molecule has 2 rings (SSSR count). The van der Waals surface area contributed by atoms with Gasteiger partial charge in [-0.1, -0.05) is 35.5 Å². The molecule has 0 spiro atoms. The SMILES string of the molecule is CCOC(=O)c1nnn(C(C)COC)c1-c1ccccc1. The van der Waals surface area contributed by atoms with Crippen LogP contribution in [-0.2, 0) is 9.47 Å². The highest BCUT2D eigenvalue weighted by atomic mass is 16.5. The Bertz CT molecular complexity index is 595. The molecular weight excluding hydrogens is 270 g/mol. The number of hydrogen-bond donors (Lipinski definition) is 0. The van der Waals surface area contributed by atoms with E-state index in [0.29, 0.717) is 18.9 Å². The van der Waals surface area contributed by atoms with Crippen LogP contribution in [0.1, 0.15) is 30.4 Å². The van der Waals surface area contributed by atoms with Crippen molar-refractivity contribution in [2.24, 2.45) is 0 Å². The van der Waals surface area contributed by atoms with Gasteiger partial charge in [0.1, 0.15) is 5.69 Å². The van der Waals surface area contributed by atoms with Gasteiger partial charge in [0.25, 0.3) is 0 Å². The second kappa shape index (κ2) is 6.99. The van der Waals surface area contributed by atoms with Gasteiger partial charge in [0, 0.05) is 12.7 Å². The van der Waals surface area contributed by atoms with Gasteiger partial charge in [-0.2, -0.15) is 0 Å². The van der Waals surface area contributed by atoms with Crippen molar-refractivity contribution in [3.63, 3.8) is 0 Å². The smallest absolute Gasteiger partial charge is 0.361 e. The minimum absolute atomic E-state index is 0.0408. The Morgan fingerprint density at radius 3 is 2.67 bits per heavy atom. The zero-order valence-electron chi connectivity index (χ0n) is 12.4. The maximum atomic E-state index is 12.1. The van der Waals surface area contributed by atoms with Crippen LogP contribution in [0.3, 0.4) is 0 Å². The third-order valence-corrected chi connectivity index (χ3v) is 3.04. The molecule has 0 aliphatic rings. The summed E-state index contributed by atoms with van der Waals surface area (Å²) in [4.78, 5) is 12.1. The topological polar surface area (TPSA) is 66.2 Å². The quantitative estimate of drug-likeness (QED) is 0.764. The van der Waals surface area contributed by atoms with E-state index in [0.717, 1.165) is 5.56 Å². The van der Waals surface area contributed by atoms with Crippen LogP contribution < -0.4 is 0 Å². The first kappa shape index (κ1) is 15.2. The maximum absolute atomic E-state index is 12.1. The lowest BCUT2D eigenvalue weighted by Gasteiger charge is -2.14. The largest absolute Gasteiger partial charge is 0.461 e. The van der Waals surface area contributed by atoms with E-state index in [1.54, 1.807) is 18.7 Å². The third-order valence-electron chi connectivity index (χ3n) is 3.04. The van der Waals surface area contributed by atoms with Crippen molar-refractivity contribution < 1.29 is 14.3 Å². The van der Waals surface area contributed by atoms with Crippen molar-refractivity contribution in [3.8, 4) is 11.3 Å². The van der Waals surface area contributed by atoms with Crippen LogP contribution in [0.25, 0.3) is 11.3 Å². The molecule has 0 aliphatic carbocycles. The fourth-order valence-corrected chi connectivity index (χ4v) is 2.12. The van der Waals surface area contributed by atoms with Gasteiger partial charge < -0.3 is 9.47 Å². The van der Waals surface area contributed by atoms with E-state index >= 15 is 0 Å². The number of methoxy groups -OCH3 is 1. The second-order valence-electron chi connectivity index (χ2n) is 4.62. The standard InChI is InChI=1S/C15H19N3O3/c1-4-21-15(19)13-14(12-8-6-5-7-9-12)18(17-16-13)11(2)10-20-3/h5-9,11H,4,10H2,1-3H3. The molecule has 1 aromatic heterocycles. The molecule has 0 saturated heterocycles. The predicted molar refractivity (Wildman–Crippen MR) is 78.0 cm³/mol. The molecule has 1 unspecified atom stereocenters. The van der Waals surface area contributed by atoms with E-state index in [-0.39, 0.29) is 11.7 Å². The van der Waals surface area contributed by atoms with Crippen molar-refractivity contribution in [2.75, 3.05) is 20.3 Å². The number of ether oxygens (including phenoxy) is 2. The summed E-state index contributed by atoms with van der Waals surface area (Å²) in [6.07, 6.45) is 0. The van der Waals surface area contributed by atoms with Crippen LogP contribution >= 0.6 is 0 Å². The van der Waals surface area contributed by atoms with Crippen LogP contribution in [0.4, 0.5) is 0 Å². The van der Waals surface area contributed by atoms with E-state index in [1.807, 2.05) is 37.3 Å². The number of carbonyl (C=O) groups is 1. The lowest BCUT2D eigenvalue weighted by atomic mass is 10.1. The van der Waals surface area contributed by atoms with Gasteiger partial charge in [0.05, 0.1) is 19.3 Å². The van der Waals surface area contributed by atoms with Crippen molar-refractivity contribution in [1.82, 2.24) is 15.0 Å². The molecule has 6 heteroatoms. The highest BCUT2D eigenvalue weighted by Crippen LogP contribution is 2.25. The van der Waals surface area contributed by atoms with Crippen LogP contribution in [0, 0.1) is 0 Å². The molecule has 0 N–H and O–H groups in total. The molecule has 0 bridgehead atoms. The molecule has 0 saturated carbocycles. The molecule has 1 aromatic carbocycles. The van der Waals surface area contributed by atoms with Crippen LogP contribution in [0.15, 0.2) is 30.3 Å². The summed E-state index contributed by atoms with van der Waals surface area (Å²) in [5, 5.41) is 8.10. The fraction of sp³-hybridized carbons (Fsp3) is 0.400. The molecule has 0 amide bonds. The third kappa shape index (κ3) is 3.28. The zero-order valence-corrected chi connectivity index (χ0v) is 12.4. The average molecular weight is 289 g/mol. The van der Waals surface area contributed by atoms with E-state index in [1.165, 1.54) is 0 Å². The highest BCUT2D eigenvalue weighted by Gasteiger charge is 2.24. The lowest BCUT2D eigenvalue weighted by molar-refractivity contribution is 0.0520. The van der Waals surface area contributed by atoms with Gasteiger partial charge in [-0.05, 0) is 13.8 Å². The summed E-state index contributed by atoms with van der Waals surface area (Å²) in [7, 11) is 1.63. The van der Waals surface area contributed by atoms with Gasteiger partial charge in [-0.3, -0.25) is 0 Å². The highest BCUT2D eigenvalue weighted by molar-refractivity contribution is 5.94. The van der Waals surface area contributed by atoms with Gasteiger partial charge in [0.2, 0.25) is 0 Å². The number of hydrogen-bond acceptors (Lipinski definition) is 5. The Morgan fingerprint density at radius 1 is 1.33 bits per heavy atom. The van der Waals surface area contributed by atoms with E-state index in [4.69, 9.17) is 9.47 Å². The summed E-state index contributed by atoms with van der Waals surface area (Å²) in [6.45, 7) is 4.50. The van der Waals surface area contributed by atoms with E-state index in [9.17, 15) is 4.79 Å². The van der Waals surface area contributed by atoms with E-state index in [2.05, 4.69) is 10.3 Å². The molecule has 21 heavy (non-hydrogen) atoms. The summed E-state index contributed by atoms with van der Waals surface area (Å²) >= 11 is 0. The minimum Gasteiger partial charge on any atom is -0.461 e. The first-order valence-corrected chi connectivity index (χ1v) is 6.85. The normalized spacial score (nSPS) is 12.1. The predicted octanol–water partition coefficient (Wildman–Crippen LogP) is 2.33. The summed E-state index contributed by atoms with van der Waals surface area (Å²) in [6, 6.07) is 9.52. The molecule has 6 nitrogen and oxygen atoms in total. The van der Waals surface area contributed by atoms with Crippen LogP contribution in [0.2, 0.25) is 0 Å². The molecule has 2 aromatic rings. The van der Waals surface area contributed by atoms with Gasteiger partial charge in [-0.25, -0.2) is 9.48 Å². The van der Waals surface area contributed by atoms with Crippen molar-refractivity contribution in [3.05, 3.63) is 36.0 Å². The van der Waals surface area contributed by atoms with Crippen LogP contribution in [0.5, 0.6) is 0 Å². The Kier molecular flexibility index (Phi) is 5.05. The van der Waals surface area contributed by atoms with Gasteiger partial charge in [0.15, 0.2) is 5.69 Å². The van der Waals surface area contributed by atoms with Gasteiger partial charge >= 0.3 is 5.97 Å². The molecule has 0 fully saturated rings. The van der Waals surface area contributed by atoms with E-state index < -0.39 is 5.97 Å². The molecular formula is C15H19N3O3. The number of benzene rings is 1. The minimum atomic E-state index is -0.466. The zero-order chi connectivity index (χ0) is 15.2. The van der Waals surface area contributed by atoms with Crippen molar-refractivity contribution in [1.29, 1.82) is 0 Å². The second-order valence-corrected chi connectivity index (χ2v) is 4.62. The molecule has 1 heterocycles. The number of esters is 1. The van der Waals surface area contributed by atoms with Gasteiger partial charge in [-0.15, -0.1) is 5.10 Å². The number of nitrogens with zero attached hydrogens (tertiary/aromatic N) is 3.